The van der Waals surface area contributed by atoms with Crippen LogP contribution in [0.2, 0.25) is 0 Å². The van der Waals surface area contributed by atoms with Crippen molar-refractivity contribution < 1.29 is 14.7 Å². The lowest BCUT2D eigenvalue weighted by Crippen LogP contribution is -2.53. The Kier molecular flexibility index (Phi) is 6.24. The molecule has 1 aliphatic heterocycles. The summed E-state index contributed by atoms with van der Waals surface area (Å²) in [6.07, 6.45) is 0. The Balaban J connectivity index is 2.44. The molecule has 1 saturated heterocycles. The van der Waals surface area contributed by atoms with Crippen LogP contribution < -0.4 is 0 Å². The van der Waals surface area contributed by atoms with Crippen molar-refractivity contribution in [1.29, 1.82) is 0 Å². The molecule has 0 radical (unpaired) electrons. The first-order chi connectivity index (χ1) is 8.95. The van der Waals surface area contributed by atoms with Crippen molar-refractivity contribution in [2.75, 3.05) is 45.9 Å². The second-order valence-electron chi connectivity index (χ2n) is 5.17. The van der Waals surface area contributed by atoms with Crippen LogP contribution in [0.25, 0.3) is 0 Å². The van der Waals surface area contributed by atoms with Crippen LogP contribution in [-0.4, -0.2) is 83.5 Å². The smallest absolute Gasteiger partial charge is 0.236 e. The molecule has 1 aliphatic rings. The lowest BCUT2D eigenvalue weighted by atomic mass is 10.2. The van der Waals surface area contributed by atoms with Crippen molar-refractivity contribution in [2.24, 2.45) is 0 Å². The van der Waals surface area contributed by atoms with E-state index in [0.717, 1.165) is 0 Å². The van der Waals surface area contributed by atoms with Gasteiger partial charge in [-0.25, -0.2) is 0 Å². The monoisotopic (exact) mass is 271 g/mol. The van der Waals surface area contributed by atoms with E-state index in [-0.39, 0.29) is 24.5 Å². The SMILES string of the molecule is CC(=O)N1CCN(C(=O)CN(CCO)C(C)C)CC1. The molecule has 1 fully saturated rings. The molecule has 19 heavy (non-hydrogen) atoms. The molecule has 1 heterocycles. The van der Waals surface area contributed by atoms with Crippen LogP contribution in [0.5, 0.6) is 0 Å². The molecule has 110 valence electrons. The zero-order chi connectivity index (χ0) is 14.4. The molecule has 1 rings (SSSR count). The van der Waals surface area contributed by atoms with Gasteiger partial charge in [0.25, 0.3) is 0 Å². The van der Waals surface area contributed by atoms with Gasteiger partial charge >= 0.3 is 0 Å². The molecule has 0 atom stereocenters. The van der Waals surface area contributed by atoms with Gasteiger partial charge in [-0.3, -0.25) is 14.5 Å². The summed E-state index contributed by atoms with van der Waals surface area (Å²) in [6.45, 7) is 8.91. The number of hydrogen-bond acceptors (Lipinski definition) is 4. The molecule has 0 spiro atoms. The van der Waals surface area contributed by atoms with Crippen LogP contribution in [0.3, 0.4) is 0 Å². The van der Waals surface area contributed by atoms with Gasteiger partial charge in [-0.15, -0.1) is 0 Å². The number of carbonyl (C=O) groups is 2. The van der Waals surface area contributed by atoms with Crippen molar-refractivity contribution in [3.8, 4) is 0 Å². The van der Waals surface area contributed by atoms with Gasteiger partial charge in [-0.1, -0.05) is 0 Å². The number of piperazine rings is 1. The fourth-order valence-electron chi connectivity index (χ4n) is 2.19. The van der Waals surface area contributed by atoms with Gasteiger partial charge in [0.15, 0.2) is 0 Å². The highest BCUT2D eigenvalue weighted by atomic mass is 16.3. The van der Waals surface area contributed by atoms with Gasteiger partial charge < -0.3 is 14.9 Å². The Hall–Kier alpha value is -1.14. The lowest BCUT2D eigenvalue weighted by molar-refractivity contribution is -0.139. The largest absolute Gasteiger partial charge is 0.395 e. The summed E-state index contributed by atoms with van der Waals surface area (Å²) in [5.74, 6) is 0.140. The first kappa shape index (κ1) is 15.9. The van der Waals surface area contributed by atoms with Crippen molar-refractivity contribution in [1.82, 2.24) is 14.7 Å². The zero-order valence-electron chi connectivity index (χ0n) is 12.1. The fraction of sp³-hybridized carbons (Fsp3) is 0.846. The standard InChI is InChI=1S/C13H25N3O3/c1-11(2)16(8-9-17)10-13(19)15-6-4-14(5-7-15)12(3)18/h11,17H,4-10H2,1-3H3. The minimum atomic E-state index is 0.0591. The van der Waals surface area contributed by atoms with E-state index in [4.69, 9.17) is 5.11 Å². The maximum atomic E-state index is 12.2. The quantitative estimate of drug-likeness (QED) is 0.724. The molecule has 0 aromatic rings. The van der Waals surface area contributed by atoms with Crippen molar-refractivity contribution in [3.05, 3.63) is 0 Å². The average molecular weight is 271 g/mol. The summed E-state index contributed by atoms with van der Waals surface area (Å²) in [4.78, 5) is 28.9. The van der Waals surface area contributed by atoms with Gasteiger partial charge in [-0.2, -0.15) is 0 Å². The molecule has 0 saturated carbocycles. The number of aliphatic hydroxyl groups is 1. The molecular weight excluding hydrogens is 246 g/mol. The van der Waals surface area contributed by atoms with Crippen LogP contribution >= 0.6 is 0 Å². The number of carbonyl (C=O) groups excluding carboxylic acids is 2. The maximum Gasteiger partial charge on any atom is 0.236 e. The first-order valence-corrected chi connectivity index (χ1v) is 6.84. The van der Waals surface area contributed by atoms with E-state index in [0.29, 0.717) is 39.3 Å². The van der Waals surface area contributed by atoms with Crippen molar-refractivity contribution in [2.45, 2.75) is 26.8 Å². The van der Waals surface area contributed by atoms with Crippen molar-refractivity contribution in [3.63, 3.8) is 0 Å². The maximum absolute atomic E-state index is 12.2. The number of amides is 2. The second-order valence-corrected chi connectivity index (χ2v) is 5.17. The third kappa shape index (κ3) is 4.80. The predicted molar refractivity (Wildman–Crippen MR) is 72.6 cm³/mol. The number of aliphatic hydroxyl groups excluding tert-OH is 1. The van der Waals surface area contributed by atoms with Crippen LogP contribution in [0.4, 0.5) is 0 Å². The molecule has 0 aromatic carbocycles. The molecule has 1 N–H and O–H groups in total. The van der Waals surface area contributed by atoms with Gasteiger partial charge in [0.05, 0.1) is 13.2 Å². The normalized spacial score (nSPS) is 16.3. The summed E-state index contributed by atoms with van der Waals surface area (Å²) in [6, 6.07) is 0.231. The highest BCUT2D eigenvalue weighted by molar-refractivity contribution is 5.79. The minimum Gasteiger partial charge on any atom is -0.395 e. The Labute approximate surface area is 115 Å². The van der Waals surface area contributed by atoms with E-state index in [1.807, 2.05) is 18.7 Å². The van der Waals surface area contributed by atoms with Gasteiger partial charge in [0.1, 0.15) is 0 Å². The number of nitrogens with zero attached hydrogens (tertiary/aromatic N) is 3. The average Bonchev–Trinajstić information content (AvgIpc) is 2.38. The third-order valence-corrected chi connectivity index (χ3v) is 3.53. The van der Waals surface area contributed by atoms with E-state index >= 15 is 0 Å². The molecule has 6 nitrogen and oxygen atoms in total. The second kappa shape index (κ2) is 7.45. The molecule has 6 heteroatoms. The topological polar surface area (TPSA) is 64.1 Å². The van der Waals surface area contributed by atoms with E-state index in [2.05, 4.69) is 0 Å². The van der Waals surface area contributed by atoms with Gasteiger partial charge in [0.2, 0.25) is 11.8 Å². The molecule has 0 bridgehead atoms. The Morgan fingerprint density at radius 3 is 2.11 bits per heavy atom. The van der Waals surface area contributed by atoms with Crippen LogP contribution in [-0.2, 0) is 9.59 Å². The Bertz CT molecular complexity index is 312. The summed E-state index contributed by atoms with van der Waals surface area (Å²) in [5, 5.41) is 8.99. The van der Waals surface area contributed by atoms with E-state index in [9.17, 15) is 9.59 Å². The van der Waals surface area contributed by atoms with Crippen LogP contribution in [0.1, 0.15) is 20.8 Å². The highest BCUT2D eigenvalue weighted by Crippen LogP contribution is 2.05. The fourth-order valence-corrected chi connectivity index (χ4v) is 2.19. The summed E-state index contributed by atoms with van der Waals surface area (Å²) >= 11 is 0. The first-order valence-electron chi connectivity index (χ1n) is 6.84. The van der Waals surface area contributed by atoms with Crippen LogP contribution in [0, 0.1) is 0 Å². The van der Waals surface area contributed by atoms with E-state index < -0.39 is 0 Å². The van der Waals surface area contributed by atoms with Crippen molar-refractivity contribution >= 4 is 11.8 Å². The van der Waals surface area contributed by atoms with E-state index in [1.54, 1.807) is 16.7 Å². The lowest BCUT2D eigenvalue weighted by Gasteiger charge is -2.36. The number of hydrogen-bond donors (Lipinski definition) is 1. The van der Waals surface area contributed by atoms with Gasteiger partial charge in [0, 0.05) is 45.7 Å². The summed E-state index contributed by atoms with van der Waals surface area (Å²) in [7, 11) is 0. The van der Waals surface area contributed by atoms with E-state index in [1.165, 1.54) is 0 Å². The highest BCUT2D eigenvalue weighted by Gasteiger charge is 2.24. The predicted octanol–water partition coefficient (Wildman–Crippen LogP) is -0.620. The third-order valence-electron chi connectivity index (χ3n) is 3.53. The summed E-state index contributed by atoms with van der Waals surface area (Å²) < 4.78 is 0. The number of rotatable bonds is 5. The Morgan fingerprint density at radius 2 is 1.68 bits per heavy atom. The zero-order valence-corrected chi connectivity index (χ0v) is 12.1. The molecule has 0 aromatic heterocycles. The molecular formula is C13H25N3O3. The molecule has 2 amide bonds. The minimum absolute atomic E-state index is 0.0591. The molecule has 0 aliphatic carbocycles. The Morgan fingerprint density at radius 1 is 1.16 bits per heavy atom. The van der Waals surface area contributed by atoms with Gasteiger partial charge in [-0.05, 0) is 13.8 Å². The summed E-state index contributed by atoms with van der Waals surface area (Å²) in [5.41, 5.74) is 0. The molecule has 0 unspecified atom stereocenters. The van der Waals surface area contributed by atoms with Crippen LogP contribution in [0.15, 0.2) is 0 Å².